The van der Waals surface area contributed by atoms with Gasteiger partial charge in [0.2, 0.25) is 0 Å². The van der Waals surface area contributed by atoms with Crippen LogP contribution < -0.4 is 0 Å². The topological polar surface area (TPSA) is 38.1 Å². The van der Waals surface area contributed by atoms with Crippen molar-refractivity contribution in [2.24, 2.45) is 5.92 Å². The fraction of sp³-hybridized carbons (Fsp3) is 0.333. The third kappa shape index (κ3) is 3.22. The largest absolute Gasteiger partial charge is 0.341 e. The lowest BCUT2D eigenvalue weighted by atomic mass is 10.1. The van der Waals surface area contributed by atoms with Crippen molar-refractivity contribution < 1.29 is 4.79 Å². The summed E-state index contributed by atoms with van der Waals surface area (Å²) in [5.41, 5.74) is 1.72. The molecule has 0 radical (unpaired) electrons. The van der Waals surface area contributed by atoms with Gasteiger partial charge in [0, 0.05) is 37.2 Å². The van der Waals surface area contributed by atoms with Crippen molar-refractivity contribution >= 4 is 5.91 Å². The fourth-order valence-corrected chi connectivity index (χ4v) is 2.04. The molecule has 0 aliphatic carbocycles. The molecule has 0 spiro atoms. The molecule has 0 saturated heterocycles. The summed E-state index contributed by atoms with van der Waals surface area (Å²) < 4.78 is 1.91. The molecule has 1 heterocycles. The van der Waals surface area contributed by atoms with Crippen molar-refractivity contribution in [2.45, 2.75) is 13.8 Å². The number of aromatic nitrogens is 2. The van der Waals surface area contributed by atoms with Crippen LogP contribution in [0.1, 0.15) is 24.2 Å². The molecule has 1 aromatic carbocycles. The Kier molecular flexibility index (Phi) is 4.00. The minimum absolute atomic E-state index is 0.0610. The number of amides is 1. The lowest BCUT2D eigenvalue weighted by Gasteiger charge is -2.19. The van der Waals surface area contributed by atoms with Crippen LogP contribution in [-0.4, -0.2) is 34.0 Å². The lowest BCUT2D eigenvalue weighted by Crippen LogP contribution is -2.30. The number of benzene rings is 1. The molecule has 4 nitrogen and oxygen atoms in total. The first kappa shape index (κ1) is 13.3. The summed E-state index contributed by atoms with van der Waals surface area (Å²) in [6.45, 7) is 4.97. The summed E-state index contributed by atoms with van der Waals surface area (Å²) in [6.07, 6.45) is 5.35. The van der Waals surface area contributed by atoms with Gasteiger partial charge in [-0.2, -0.15) is 0 Å². The Hall–Kier alpha value is -2.10. The minimum atomic E-state index is 0.0610. The molecule has 19 heavy (non-hydrogen) atoms. The van der Waals surface area contributed by atoms with Gasteiger partial charge in [-0.1, -0.05) is 13.8 Å². The van der Waals surface area contributed by atoms with E-state index in [1.807, 2.05) is 42.1 Å². The smallest absolute Gasteiger partial charge is 0.253 e. The quantitative estimate of drug-likeness (QED) is 0.844. The molecule has 1 aromatic heterocycles. The van der Waals surface area contributed by atoms with Gasteiger partial charge in [0.25, 0.3) is 5.91 Å². The maximum Gasteiger partial charge on any atom is 0.253 e. The molecule has 0 fully saturated rings. The molecule has 4 heteroatoms. The average Bonchev–Trinajstić information content (AvgIpc) is 2.91. The average molecular weight is 257 g/mol. The molecule has 2 rings (SSSR count). The summed E-state index contributed by atoms with van der Waals surface area (Å²) in [5.74, 6) is 0.532. The molecule has 0 N–H and O–H groups in total. The molecule has 1 amide bonds. The molecule has 2 aromatic rings. The highest BCUT2D eigenvalue weighted by Gasteiger charge is 2.12. The zero-order chi connectivity index (χ0) is 13.8. The van der Waals surface area contributed by atoms with Crippen molar-refractivity contribution in [3.63, 3.8) is 0 Å². The summed E-state index contributed by atoms with van der Waals surface area (Å²) >= 11 is 0. The predicted molar refractivity (Wildman–Crippen MR) is 75.4 cm³/mol. The van der Waals surface area contributed by atoms with Crippen LogP contribution in [0.3, 0.4) is 0 Å². The van der Waals surface area contributed by atoms with E-state index in [1.54, 1.807) is 17.4 Å². The van der Waals surface area contributed by atoms with Crippen LogP contribution in [0.15, 0.2) is 43.0 Å². The van der Waals surface area contributed by atoms with E-state index < -0.39 is 0 Å². The van der Waals surface area contributed by atoms with Gasteiger partial charge in [0.05, 0.1) is 6.33 Å². The highest BCUT2D eigenvalue weighted by atomic mass is 16.2. The van der Waals surface area contributed by atoms with Gasteiger partial charge in [-0.05, 0) is 30.2 Å². The number of carbonyl (C=O) groups excluding carboxylic acids is 1. The summed E-state index contributed by atoms with van der Waals surface area (Å²) in [4.78, 5) is 18.0. The van der Waals surface area contributed by atoms with Crippen LogP contribution in [0.4, 0.5) is 0 Å². The molecule has 0 saturated carbocycles. The minimum Gasteiger partial charge on any atom is -0.341 e. The number of carbonyl (C=O) groups is 1. The first-order valence-electron chi connectivity index (χ1n) is 6.42. The molecular weight excluding hydrogens is 238 g/mol. The first-order valence-corrected chi connectivity index (χ1v) is 6.42. The second-order valence-electron chi connectivity index (χ2n) is 5.10. The van der Waals surface area contributed by atoms with Crippen molar-refractivity contribution in [1.82, 2.24) is 14.5 Å². The van der Waals surface area contributed by atoms with Gasteiger partial charge in [-0.15, -0.1) is 0 Å². The Balaban J connectivity index is 2.12. The third-order valence-corrected chi connectivity index (χ3v) is 2.90. The number of imidazole rings is 1. The maximum atomic E-state index is 12.2. The highest BCUT2D eigenvalue weighted by molar-refractivity contribution is 5.94. The standard InChI is InChI=1S/C15H19N3O/c1-12(2)10-17(3)15(19)13-4-6-14(7-5-13)18-9-8-16-11-18/h4-9,11-12H,10H2,1-3H3. The predicted octanol–water partition coefficient (Wildman–Crippen LogP) is 2.60. The van der Waals surface area contributed by atoms with E-state index in [2.05, 4.69) is 18.8 Å². The second kappa shape index (κ2) is 5.69. The molecular formula is C15H19N3O. The SMILES string of the molecule is CC(C)CN(C)C(=O)c1ccc(-n2ccnc2)cc1. The van der Waals surface area contributed by atoms with Crippen LogP contribution in [0.5, 0.6) is 0 Å². The number of rotatable bonds is 4. The Bertz CT molecular complexity index is 529. The van der Waals surface area contributed by atoms with Crippen LogP contribution >= 0.6 is 0 Å². The van der Waals surface area contributed by atoms with E-state index in [0.717, 1.165) is 12.2 Å². The van der Waals surface area contributed by atoms with E-state index in [4.69, 9.17) is 0 Å². The molecule has 0 unspecified atom stereocenters. The summed E-state index contributed by atoms with van der Waals surface area (Å²) in [7, 11) is 1.84. The van der Waals surface area contributed by atoms with Crippen molar-refractivity contribution in [2.75, 3.05) is 13.6 Å². The van der Waals surface area contributed by atoms with Crippen molar-refractivity contribution in [1.29, 1.82) is 0 Å². The third-order valence-electron chi connectivity index (χ3n) is 2.90. The zero-order valence-corrected chi connectivity index (χ0v) is 11.6. The monoisotopic (exact) mass is 257 g/mol. The highest BCUT2D eigenvalue weighted by Crippen LogP contribution is 2.11. The number of nitrogens with zero attached hydrogens (tertiary/aromatic N) is 3. The Morgan fingerprint density at radius 1 is 1.32 bits per heavy atom. The molecule has 0 aliphatic heterocycles. The second-order valence-corrected chi connectivity index (χ2v) is 5.10. The van der Waals surface area contributed by atoms with E-state index in [9.17, 15) is 4.79 Å². The molecule has 0 bridgehead atoms. The maximum absolute atomic E-state index is 12.2. The van der Waals surface area contributed by atoms with Crippen LogP contribution in [0, 0.1) is 5.92 Å². The van der Waals surface area contributed by atoms with Gasteiger partial charge in [0.1, 0.15) is 0 Å². The Morgan fingerprint density at radius 2 is 2.00 bits per heavy atom. The van der Waals surface area contributed by atoms with Crippen molar-refractivity contribution in [3.05, 3.63) is 48.5 Å². The van der Waals surface area contributed by atoms with Gasteiger partial charge < -0.3 is 9.47 Å². The van der Waals surface area contributed by atoms with Crippen molar-refractivity contribution in [3.8, 4) is 5.69 Å². The number of hydrogen-bond donors (Lipinski definition) is 0. The molecule has 0 atom stereocenters. The van der Waals surface area contributed by atoms with E-state index in [1.165, 1.54) is 0 Å². The molecule has 100 valence electrons. The van der Waals surface area contributed by atoms with E-state index in [0.29, 0.717) is 11.5 Å². The Morgan fingerprint density at radius 3 is 2.53 bits per heavy atom. The van der Waals surface area contributed by atoms with Crippen LogP contribution in [0.2, 0.25) is 0 Å². The zero-order valence-electron chi connectivity index (χ0n) is 11.6. The van der Waals surface area contributed by atoms with E-state index in [-0.39, 0.29) is 5.91 Å². The van der Waals surface area contributed by atoms with Crippen LogP contribution in [0.25, 0.3) is 5.69 Å². The van der Waals surface area contributed by atoms with E-state index >= 15 is 0 Å². The molecule has 0 aliphatic rings. The van der Waals surface area contributed by atoms with Gasteiger partial charge >= 0.3 is 0 Å². The van der Waals surface area contributed by atoms with Gasteiger partial charge in [-0.3, -0.25) is 4.79 Å². The summed E-state index contributed by atoms with van der Waals surface area (Å²) in [6, 6.07) is 7.57. The lowest BCUT2D eigenvalue weighted by molar-refractivity contribution is 0.0779. The normalized spacial score (nSPS) is 10.7. The first-order chi connectivity index (χ1) is 9.08. The van der Waals surface area contributed by atoms with Gasteiger partial charge in [-0.25, -0.2) is 4.98 Å². The Labute approximate surface area is 113 Å². The fourth-order valence-electron chi connectivity index (χ4n) is 2.04. The summed E-state index contributed by atoms with van der Waals surface area (Å²) in [5, 5.41) is 0. The number of hydrogen-bond acceptors (Lipinski definition) is 2. The van der Waals surface area contributed by atoms with Crippen LogP contribution in [-0.2, 0) is 0 Å². The van der Waals surface area contributed by atoms with Gasteiger partial charge in [0.15, 0.2) is 0 Å².